The second-order valence-corrected chi connectivity index (χ2v) is 10.7. The number of rotatable bonds is 3. The fraction of sp³-hybridized carbons (Fsp3) is 0.421. The summed E-state index contributed by atoms with van der Waals surface area (Å²) in [6, 6.07) is 9.40. The number of sulfonamides is 1. The van der Waals surface area contributed by atoms with Gasteiger partial charge in [0.1, 0.15) is 5.82 Å². The molecule has 10 heteroatoms. The number of anilines is 1. The highest BCUT2D eigenvalue weighted by Crippen LogP contribution is 2.46. The van der Waals surface area contributed by atoms with E-state index >= 15 is 0 Å². The molecule has 1 spiro atoms. The molecule has 2 aliphatic rings. The van der Waals surface area contributed by atoms with E-state index in [1.807, 2.05) is 30.5 Å². The van der Waals surface area contributed by atoms with Gasteiger partial charge >= 0.3 is 0 Å². The Morgan fingerprint density at radius 1 is 1.07 bits per heavy atom. The fourth-order valence-electron chi connectivity index (χ4n) is 4.16. The summed E-state index contributed by atoms with van der Waals surface area (Å²) in [5, 5.41) is 4.27. The van der Waals surface area contributed by atoms with Crippen LogP contribution in [0.4, 0.5) is 5.82 Å². The van der Waals surface area contributed by atoms with Gasteiger partial charge in [0, 0.05) is 38.6 Å². The molecule has 152 valence electrons. The third-order valence-electron chi connectivity index (χ3n) is 5.67. The molecule has 2 aliphatic heterocycles. The summed E-state index contributed by atoms with van der Waals surface area (Å²) < 4.78 is 29.6. The number of piperidine rings is 1. The van der Waals surface area contributed by atoms with Gasteiger partial charge < -0.3 is 4.90 Å². The number of aryl methyl sites for hydroxylation is 1. The van der Waals surface area contributed by atoms with Crippen LogP contribution in [-0.4, -0.2) is 62.7 Å². The number of para-hydroxylation sites is 2. The summed E-state index contributed by atoms with van der Waals surface area (Å²) in [6.07, 6.45) is 4.98. The summed E-state index contributed by atoms with van der Waals surface area (Å²) in [4.78, 5) is 11.1. The molecule has 0 radical (unpaired) electrons. The van der Waals surface area contributed by atoms with Gasteiger partial charge in [0.05, 0.1) is 22.1 Å². The van der Waals surface area contributed by atoms with E-state index in [2.05, 4.69) is 15.0 Å². The lowest BCUT2D eigenvalue weighted by Gasteiger charge is -2.43. The van der Waals surface area contributed by atoms with Crippen LogP contribution < -0.4 is 4.90 Å². The first kappa shape index (κ1) is 18.8. The summed E-state index contributed by atoms with van der Waals surface area (Å²) in [5.41, 5.74) is 1.75. The average Bonchev–Trinajstić information content (AvgIpc) is 3.36. The third-order valence-corrected chi connectivity index (χ3v) is 9.19. The number of hydrogen-bond acceptors (Lipinski definition) is 7. The van der Waals surface area contributed by atoms with Gasteiger partial charge in [0.2, 0.25) is 0 Å². The lowest BCUT2D eigenvalue weighted by molar-refractivity contribution is 0.265. The van der Waals surface area contributed by atoms with E-state index in [1.165, 1.54) is 4.68 Å². The Balaban J connectivity index is 1.38. The topological polar surface area (TPSA) is 84.2 Å². The zero-order valence-corrected chi connectivity index (χ0v) is 17.7. The lowest BCUT2D eigenvalue weighted by Crippen LogP contribution is -2.52. The van der Waals surface area contributed by atoms with E-state index in [1.54, 1.807) is 35.4 Å². The van der Waals surface area contributed by atoms with E-state index in [0.717, 1.165) is 48.5 Å². The molecule has 8 nitrogen and oxygen atoms in total. The number of fused-ring (bicyclic) bond motifs is 1. The largest absolute Gasteiger partial charge is 0.355 e. The summed E-state index contributed by atoms with van der Waals surface area (Å²) in [7, 11) is -1.87. The fourth-order valence-corrected chi connectivity index (χ4v) is 7.73. The molecule has 5 rings (SSSR count). The first-order valence-corrected chi connectivity index (χ1v) is 12.0. The van der Waals surface area contributed by atoms with Gasteiger partial charge in [-0.3, -0.25) is 9.67 Å². The standard InChI is InChI=1S/C19H22N6O2S2/c1-23-9-6-18(22-23)29(26,27)25-12-13-28-19(25)7-10-24(11-8-19)17-14-20-15-4-2-3-5-16(15)21-17/h2-6,9,14H,7-8,10-13H2,1H3. The SMILES string of the molecule is Cn1ccc(S(=O)(=O)N2CCSC23CCN(c2cnc4ccccc4n2)CC3)n1. The molecule has 0 unspecified atom stereocenters. The number of thioether (sulfide) groups is 1. The molecular weight excluding hydrogens is 408 g/mol. The normalized spacial score (nSPS) is 20.0. The minimum absolute atomic E-state index is 0.129. The van der Waals surface area contributed by atoms with Gasteiger partial charge in [0.25, 0.3) is 10.0 Å². The molecule has 2 fully saturated rings. The summed E-state index contributed by atoms with van der Waals surface area (Å²) in [5.74, 6) is 1.66. The smallest absolute Gasteiger partial charge is 0.263 e. The van der Waals surface area contributed by atoms with Crippen LogP contribution in [0.3, 0.4) is 0 Å². The Morgan fingerprint density at radius 2 is 1.83 bits per heavy atom. The van der Waals surface area contributed by atoms with Crippen LogP contribution in [0, 0.1) is 0 Å². The molecule has 0 amide bonds. The van der Waals surface area contributed by atoms with Crippen LogP contribution in [0.15, 0.2) is 47.8 Å². The quantitative estimate of drug-likeness (QED) is 0.629. The molecule has 29 heavy (non-hydrogen) atoms. The van der Waals surface area contributed by atoms with Crippen LogP contribution in [0.25, 0.3) is 11.0 Å². The van der Waals surface area contributed by atoms with E-state index in [4.69, 9.17) is 4.98 Å². The Morgan fingerprint density at radius 3 is 2.55 bits per heavy atom. The minimum Gasteiger partial charge on any atom is -0.355 e. The van der Waals surface area contributed by atoms with Gasteiger partial charge in [-0.2, -0.15) is 9.40 Å². The Kier molecular flexibility index (Phi) is 4.52. The zero-order valence-electron chi connectivity index (χ0n) is 16.1. The van der Waals surface area contributed by atoms with Crippen molar-refractivity contribution in [1.82, 2.24) is 24.1 Å². The van der Waals surface area contributed by atoms with Crippen LogP contribution in [0.1, 0.15) is 12.8 Å². The predicted molar refractivity (Wildman–Crippen MR) is 113 cm³/mol. The van der Waals surface area contributed by atoms with Crippen molar-refractivity contribution in [1.29, 1.82) is 0 Å². The highest BCUT2D eigenvalue weighted by molar-refractivity contribution is 8.02. The van der Waals surface area contributed by atoms with Crippen molar-refractivity contribution in [2.75, 3.05) is 30.3 Å². The first-order chi connectivity index (χ1) is 14.0. The van der Waals surface area contributed by atoms with Crippen molar-refractivity contribution in [3.8, 4) is 0 Å². The molecule has 1 aromatic carbocycles. The van der Waals surface area contributed by atoms with Gasteiger partial charge in [-0.15, -0.1) is 11.8 Å². The van der Waals surface area contributed by atoms with Crippen LogP contribution in [0.5, 0.6) is 0 Å². The molecule has 2 aromatic heterocycles. The maximum atomic E-state index is 13.2. The number of benzene rings is 1. The summed E-state index contributed by atoms with van der Waals surface area (Å²) >= 11 is 1.75. The average molecular weight is 431 g/mol. The van der Waals surface area contributed by atoms with Crippen molar-refractivity contribution < 1.29 is 8.42 Å². The van der Waals surface area contributed by atoms with Crippen molar-refractivity contribution >= 4 is 38.6 Å². The van der Waals surface area contributed by atoms with Gasteiger partial charge in [-0.05, 0) is 31.0 Å². The molecular formula is C19H22N6O2S2. The number of nitrogens with zero attached hydrogens (tertiary/aromatic N) is 6. The Labute approximate surface area is 174 Å². The van der Waals surface area contributed by atoms with Crippen LogP contribution in [0.2, 0.25) is 0 Å². The Hall–Kier alpha value is -2.17. The highest BCUT2D eigenvalue weighted by atomic mass is 32.2. The van der Waals surface area contributed by atoms with Gasteiger partial charge in [-0.1, -0.05) is 12.1 Å². The molecule has 0 N–H and O–H groups in total. The maximum absolute atomic E-state index is 13.2. The molecule has 2 saturated heterocycles. The molecule has 0 saturated carbocycles. The number of aromatic nitrogens is 4. The zero-order chi connectivity index (χ0) is 20.1. The Bertz CT molecular complexity index is 1150. The van der Waals surface area contributed by atoms with Crippen LogP contribution >= 0.6 is 11.8 Å². The molecule has 4 heterocycles. The minimum atomic E-state index is -3.60. The lowest BCUT2D eigenvalue weighted by atomic mass is 10.0. The van der Waals surface area contributed by atoms with Crippen molar-refractivity contribution in [2.45, 2.75) is 22.7 Å². The highest BCUT2D eigenvalue weighted by Gasteiger charge is 2.50. The van der Waals surface area contributed by atoms with Crippen molar-refractivity contribution in [3.63, 3.8) is 0 Å². The maximum Gasteiger partial charge on any atom is 0.263 e. The molecule has 0 bridgehead atoms. The van der Waals surface area contributed by atoms with E-state index in [9.17, 15) is 8.42 Å². The molecule has 0 aliphatic carbocycles. The van der Waals surface area contributed by atoms with E-state index in [-0.39, 0.29) is 5.03 Å². The second kappa shape index (κ2) is 6.96. The summed E-state index contributed by atoms with van der Waals surface area (Å²) in [6.45, 7) is 2.02. The van der Waals surface area contributed by atoms with Gasteiger partial charge in [-0.25, -0.2) is 13.4 Å². The number of hydrogen-bond donors (Lipinski definition) is 0. The molecule has 0 atom stereocenters. The van der Waals surface area contributed by atoms with Crippen molar-refractivity contribution in [3.05, 3.63) is 42.7 Å². The third kappa shape index (κ3) is 3.19. The van der Waals surface area contributed by atoms with E-state index < -0.39 is 14.9 Å². The monoisotopic (exact) mass is 430 g/mol. The first-order valence-electron chi connectivity index (χ1n) is 9.61. The second-order valence-electron chi connectivity index (χ2n) is 7.40. The van der Waals surface area contributed by atoms with Gasteiger partial charge in [0.15, 0.2) is 5.03 Å². The van der Waals surface area contributed by atoms with Crippen molar-refractivity contribution in [2.24, 2.45) is 7.05 Å². The van der Waals surface area contributed by atoms with Crippen LogP contribution in [-0.2, 0) is 17.1 Å². The molecule has 3 aromatic rings. The predicted octanol–water partition coefficient (Wildman–Crippen LogP) is 2.10. The van der Waals surface area contributed by atoms with E-state index in [0.29, 0.717) is 6.54 Å².